The Labute approximate surface area is 549 Å². The second-order valence-electron chi connectivity index (χ2n) is 23.9. The van der Waals surface area contributed by atoms with E-state index in [2.05, 4.69) is 83.7 Å². The standard InChI is InChI=1S/C58H103N13O15S4/c1-14-32(9)45(55(82)69-44(31(7)8)53(80)65-39(27-87)57(84)71-20-16-17-41(71)52(79)70-46(33(10)15-2)54(81)66-40(28-88)58(85)86)67-42(73)25-61-50(77)37(23-29(3)4)64-56(83)47(34(11)72)68-43(74)26-60-49(76)36(19-22-90-13)62-51(78)38(24-30(5)6)63-48(75)35(59)18-21-89-12/h29-41,44-47,72,87-88H,14-28,59H2,1-13H3,(H,60,76)(H,61,77)(H,62,78)(H,63,75)(H,64,83)(H,65,80)(H,66,81)(H,67,73)(H,68,74)(H,69,82)(H,70,79)(H,85,86)/t32-,33-,34+,35-,36-,37-,38-,39-,40-,41-,44-,45-,46-,47-/m0/s1. The smallest absolute Gasteiger partial charge is 0.327 e. The van der Waals surface area contributed by atoms with Gasteiger partial charge in [0.1, 0.15) is 60.4 Å². The third kappa shape index (κ3) is 28.5. The Bertz CT molecular complexity index is 2410. The zero-order chi connectivity index (χ0) is 68.7. The minimum absolute atomic E-state index is 0.0221. The zero-order valence-corrected chi connectivity index (χ0v) is 57.8. The summed E-state index contributed by atoms with van der Waals surface area (Å²) in [6.07, 6.45) is 4.44. The van der Waals surface area contributed by atoms with E-state index in [9.17, 15) is 72.5 Å². The Balaban J connectivity index is 3.15. The quantitative estimate of drug-likeness (QED) is 0.0312. The third-order valence-corrected chi connectivity index (χ3v) is 17.1. The first-order valence-electron chi connectivity index (χ1n) is 30.7. The van der Waals surface area contributed by atoms with Crippen LogP contribution in [0.1, 0.15) is 128 Å². The van der Waals surface area contributed by atoms with Crippen molar-refractivity contribution in [2.45, 2.75) is 200 Å². The number of carboxylic acids is 1. The van der Waals surface area contributed by atoms with Crippen LogP contribution >= 0.6 is 48.8 Å². The fourth-order valence-electron chi connectivity index (χ4n) is 9.36. The Morgan fingerprint density at radius 2 is 0.944 bits per heavy atom. The summed E-state index contributed by atoms with van der Waals surface area (Å²) in [5.74, 6) is -11.4. The number of aliphatic hydroxyl groups is 1. The second kappa shape index (κ2) is 42.5. The number of amides is 12. The van der Waals surface area contributed by atoms with Gasteiger partial charge in [0.2, 0.25) is 70.9 Å². The Morgan fingerprint density at radius 1 is 0.522 bits per heavy atom. The molecule has 1 rings (SSSR count). The predicted octanol–water partition coefficient (Wildman–Crippen LogP) is -1.43. The van der Waals surface area contributed by atoms with Crippen LogP contribution in [0.5, 0.6) is 0 Å². The van der Waals surface area contributed by atoms with Gasteiger partial charge in [-0.05, 0) is 99.1 Å². The Morgan fingerprint density at radius 3 is 1.42 bits per heavy atom. The minimum Gasteiger partial charge on any atom is -0.480 e. The number of thiol groups is 2. The van der Waals surface area contributed by atoms with Gasteiger partial charge in [-0.15, -0.1) is 0 Å². The van der Waals surface area contributed by atoms with Crippen molar-refractivity contribution in [3.05, 3.63) is 0 Å². The molecule has 12 amide bonds. The van der Waals surface area contributed by atoms with Gasteiger partial charge in [-0.3, -0.25) is 57.5 Å². The summed E-state index contributed by atoms with van der Waals surface area (Å²) < 4.78 is 0. The number of likely N-dealkylation sites (tertiary alicyclic amines) is 1. The predicted molar refractivity (Wildman–Crippen MR) is 352 cm³/mol. The number of nitrogens with one attached hydrogen (secondary N) is 11. The number of hydrogen-bond donors (Lipinski definition) is 16. The average molecular weight is 1350 g/mol. The van der Waals surface area contributed by atoms with Crippen molar-refractivity contribution in [2.75, 3.05) is 55.2 Å². The molecule has 0 radical (unpaired) electrons. The molecule has 28 nitrogen and oxygen atoms in total. The number of thioether (sulfide) groups is 2. The summed E-state index contributed by atoms with van der Waals surface area (Å²) >= 11 is 11.3. The molecule has 0 spiro atoms. The lowest BCUT2D eigenvalue weighted by atomic mass is 9.96. The molecule has 90 heavy (non-hydrogen) atoms. The summed E-state index contributed by atoms with van der Waals surface area (Å²) in [6, 6.07) is -13.2. The van der Waals surface area contributed by atoms with Gasteiger partial charge >= 0.3 is 5.97 Å². The molecule has 0 bridgehead atoms. The van der Waals surface area contributed by atoms with E-state index in [1.165, 1.54) is 35.3 Å². The average Bonchev–Trinajstić information content (AvgIpc) is 1.83. The van der Waals surface area contributed by atoms with E-state index < -0.39 is 180 Å². The molecule has 0 aromatic carbocycles. The van der Waals surface area contributed by atoms with E-state index in [-0.39, 0.29) is 55.6 Å². The molecule has 15 N–H and O–H groups in total. The minimum atomic E-state index is -1.64. The molecular formula is C58H103N13O15S4. The molecule has 1 saturated heterocycles. The largest absolute Gasteiger partial charge is 0.480 e. The first-order chi connectivity index (χ1) is 42.2. The van der Waals surface area contributed by atoms with Crippen LogP contribution in [0.3, 0.4) is 0 Å². The highest BCUT2D eigenvalue weighted by Crippen LogP contribution is 2.21. The molecule has 1 aliphatic rings. The molecule has 1 aliphatic heterocycles. The summed E-state index contributed by atoms with van der Waals surface area (Å²) in [4.78, 5) is 176. The van der Waals surface area contributed by atoms with E-state index in [1.807, 2.05) is 20.1 Å². The van der Waals surface area contributed by atoms with Crippen molar-refractivity contribution in [3.8, 4) is 0 Å². The Hall–Kier alpha value is -5.57. The van der Waals surface area contributed by atoms with Gasteiger partial charge in [-0.2, -0.15) is 48.8 Å². The van der Waals surface area contributed by atoms with Crippen LogP contribution in [0.2, 0.25) is 0 Å². The van der Waals surface area contributed by atoms with Crippen molar-refractivity contribution in [3.63, 3.8) is 0 Å². The van der Waals surface area contributed by atoms with Gasteiger partial charge in [0.15, 0.2) is 0 Å². The van der Waals surface area contributed by atoms with Gasteiger partial charge in [0, 0.05) is 18.1 Å². The molecular weight excluding hydrogens is 1250 g/mol. The summed E-state index contributed by atoms with van der Waals surface area (Å²) in [5.41, 5.74) is 6.05. The molecule has 0 saturated carbocycles. The monoisotopic (exact) mass is 1350 g/mol. The van der Waals surface area contributed by atoms with Crippen LogP contribution in [-0.2, 0) is 62.3 Å². The maximum atomic E-state index is 14.1. The van der Waals surface area contributed by atoms with Gasteiger partial charge in [0.05, 0.1) is 25.2 Å². The van der Waals surface area contributed by atoms with Gasteiger partial charge in [-0.25, -0.2) is 4.79 Å². The van der Waals surface area contributed by atoms with Crippen LogP contribution in [0, 0.1) is 29.6 Å². The number of carboxylic acid groups (broad SMARTS) is 1. The van der Waals surface area contributed by atoms with Crippen molar-refractivity contribution >= 4 is 126 Å². The maximum Gasteiger partial charge on any atom is 0.327 e. The summed E-state index contributed by atoms with van der Waals surface area (Å²) in [5, 5.41) is 48.4. The van der Waals surface area contributed by atoms with E-state index in [4.69, 9.17) is 5.73 Å². The molecule has 514 valence electrons. The number of aliphatic carboxylic acids is 1. The zero-order valence-electron chi connectivity index (χ0n) is 54.4. The SMILES string of the molecule is CC[C@H](C)[C@H](NC(=O)CNC(=O)[C@H](CC(C)C)NC(=O)[C@@H](NC(=O)CNC(=O)[C@H](CCSC)NC(=O)[C@H](CC(C)C)NC(=O)[C@@H](N)CCSC)[C@@H](C)O)C(=O)N[C@H](C(=O)N[C@@H](CS)C(=O)N1CCC[C@H]1C(=O)N[C@H](C(=O)N[C@@H](CS)C(=O)O)[C@@H](C)CC)C(C)C. The van der Waals surface area contributed by atoms with Gasteiger partial charge in [0.25, 0.3) is 0 Å². The van der Waals surface area contributed by atoms with Crippen LogP contribution in [0.25, 0.3) is 0 Å². The molecule has 0 unspecified atom stereocenters. The topological polar surface area (TPSA) is 424 Å². The number of hydrogen-bond acceptors (Lipinski definition) is 19. The van der Waals surface area contributed by atoms with Crippen molar-refractivity contribution < 1.29 is 72.5 Å². The second-order valence-corrected chi connectivity index (χ2v) is 26.6. The van der Waals surface area contributed by atoms with E-state index in [0.29, 0.717) is 37.2 Å². The lowest BCUT2D eigenvalue weighted by Gasteiger charge is -2.32. The molecule has 0 aromatic rings. The van der Waals surface area contributed by atoms with Gasteiger partial charge < -0.3 is 79.3 Å². The highest BCUT2D eigenvalue weighted by Gasteiger charge is 2.41. The maximum absolute atomic E-state index is 14.1. The first kappa shape index (κ1) is 82.4. The lowest BCUT2D eigenvalue weighted by Crippen LogP contribution is -2.61. The number of nitrogens with two attached hydrogens (primary N) is 1. The number of carbonyl (C=O) groups excluding carboxylic acids is 12. The van der Waals surface area contributed by atoms with Crippen LogP contribution in [0.15, 0.2) is 0 Å². The van der Waals surface area contributed by atoms with Crippen molar-refractivity contribution in [1.29, 1.82) is 0 Å². The fourth-order valence-corrected chi connectivity index (χ4v) is 10.8. The normalized spacial score (nSPS) is 17.4. The Kier molecular flexibility index (Phi) is 39.0. The third-order valence-electron chi connectivity index (χ3n) is 15.1. The van der Waals surface area contributed by atoms with Crippen molar-refractivity contribution in [2.24, 2.45) is 35.3 Å². The van der Waals surface area contributed by atoms with E-state index >= 15 is 0 Å². The van der Waals surface area contributed by atoms with Crippen molar-refractivity contribution in [1.82, 2.24) is 63.4 Å². The highest BCUT2D eigenvalue weighted by molar-refractivity contribution is 7.98. The molecule has 14 atom stereocenters. The number of aliphatic hydroxyl groups excluding tert-OH is 1. The fraction of sp³-hybridized carbons (Fsp3) is 0.776. The van der Waals surface area contributed by atoms with E-state index in [1.54, 1.807) is 61.6 Å². The number of carbonyl (C=O) groups is 13. The summed E-state index contributed by atoms with van der Waals surface area (Å²) in [6.45, 7) is 17.5. The first-order valence-corrected chi connectivity index (χ1v) is 34.7. The lowest BCUT2D eigenvalue weighted by molar-refractivity contribution is -0.143. The molecule has 32 heteroatoms. The molecule has 0 aromatic heterocycles. The summed E-state index contributed by atoms with van der Waals surface area (Å²) in [7, 11) is 0. The van der Waals surface area contributed by atoms with Crippen LogP contribution in [0.4, 0.5) is 0 Å². The van der Waals surface area contributed by atoms with Gasteiger partial charge in [-0.1, -0.05) is 82.1 Å². The van der Waals surface area contributed by atoms with Crippen LogP contribution in [-0.4, -0.2) is 220 Å². The number of nitrogens with zero attached hydrogens (tertiary/aromatic N) is 1. The molecule has 1 heterocycles. The molecule has 1 fully saturated rings. The van der Waals surface area contributed by atoms with E-state index in [0.717, 1.165) is 0 Å². The molecule has 0 aliphatic carbocycles. The highest BCUT2D eigenvalue weighted by atomic mass is 32.2. The van der Waals surface area contributed by atoms with Crippen LogP contribution < -0.4 is 64.2 Å². The number of rotatable bonds is 42.